The first-order valence-electron chi connectivity index (χ1n) is 6.79. The molecule has 114 valence electrons. The zero-order valence-corrected chi connectivity index (χ0v) is 13.9. The Bertz CT molecular complexity index is 1050. The van der Waals surface area contributed by atoms with Crippen LogP contribution in [-0.4, -0.2) is 5.91 Å². The van der Waals surface area contributed by atoms with Crippen molar-refractivity contribution in [3.8, 4) is 0 Å². The number of para-hydroxylation sites is 1. The summed E-state index contributed by atoms with van der Waals surface area (Å²) >= 11 is 13.1. The second-order valence-electron chi connectivity index (χ2n) is 5.00. The lowest BCUT2D eigenvalue weighted by Gasteiger charge is -2.04. The van der Waals surface area contributed by atoms with Crippen LogP contribution in [0.5, 0.6) is 0 Å². The summed E-state index contributed by atoms with van der Waals surface area (Å²) in [4.78, 5) is 12.3. The van der Waals surface area contributed by atoms with Gasteiger partial charge in [0.1, 0.15) is 15.5 Å². The van der Waals surface area contributed by atoms with Gasteiger partial charge in [0.25, 0.3) is 5.91 Å². The number of furan rings is 1. The van der Waals surface area contributed by atoms with Gasteiger partial charge in [-0.25, -0.2) is 0 Å². The van der Waals surface area contributed by atoms with Crippen LogP contribution in [-0.2, 0) is 0 Å². The van der Waals surface area contributed by atoms with E-state index in [0.29, 0.717) is 19.9 Å². The highest BCUT2D eigenvalue weighted by Crippen LogP contribution is 2.33. The average Bonchev–Trinajstić information content (AvgIpc) is 3.06. The normalized spacial score (nSPS) is 11.2. The van der Waals surface area contributed by atoms with E-state index in [0.717, 1.165) is 21.9 Å². The quantitative estimate of drug-likeness (QED) is 0.461. The second kappa shape index (κ2) is 5.57. The Hall–Kier alpha value is -2.01. The molecule has 2 heterocycles. The van der Waals surface area contributed by atoms with Gasteiger partial charge in [0.15, 0.2) is 0 Å². The molecule has 0 aliphatic heterocycles. The van der Waals surface area contributed by atoms with Gasteiger partial charge in [-0.15, -0.1) is 11.3 Å². The Labute approximate surface area is 145 Å². The van der Waals surface area contributed by atoms with Crippen LogP contribution in [0.2, 0.25) is 8.67 Å². The molecular weight excluding hydrogens is 353 g/mol. The van der Waals surface area contributed by atoms with E-state index < -0.39 is 0 Å². The summed E-state index contributed by atoms with van der Waals surface area (Å²) in [6.45, 7) is 0. The number of carbonyl (C=O) groups is 1. The molecule has 3 nitrogen and oxygen atoms in total. The summed E-state index contributed by atoms with van der Waals surface area (Å²) in [6.07, 6.45) is 0. The summed E-state index contributed by atoms with van der Waals surface area (Å²) in [5.74, 6) is -0.287. The third kappa shape index (κ3) is 2.59. The molecule has 1 amide bonds. The number of hydrogen-bond acceptors (Lipinski definition) is 3. The number of nitrogens with one attached hydrogen (secondary N) is 1. The van der Waals surface area contributed by atoms with E-state index in [9.17, 15) is 4.79 Å². The van der Waals surface area contributed by atoms with Gasteiger partial charge in [-0.05, 0) is 30.3 Å². The molecule has 0 radical (unpaired) electrons. The van der Waals surface area contributed by atoms with Crippen LogP contribution in [0, 0.1) is 0 Å². The maximum Gasteiger partial charge on any atom is 0.258 e. The lowest BCUT2D eigenvalue weighted by Crippen LogP contribution is -2.11. The third-order valence-corrected chi connectivity index (χ3v) is 5.02. The van der Waals surface area contributed by atoms with Gasteiger partial charge in [0.2, 0.25) is 0 Å². The van der Waals surface area contributed by atoms with Crippen molar-refractivity contribution in [2.75, 3.05) is 5.32 Å². The van der Waals surface area contributed by atoms with Crippen LogP contribution < -0.4 is 5.32 Å². The third-order valence-electron chi connectivity index (χ3n) is 3.54. The Morgan fingerprint density at radius 2 is 1.78 bits per heavy atom. The van der Waals surface area contributed by atoms with Crippen LogP contribution >= 0.6 is 34.5 Å². The minimum absolute atomic E-state index is 0.287. The molecule has 1 N–H and O–H groups in total. The number of benzene rings is 2. The van der Waals surface area contributed by atoms with Gasteiger partial charge >= 0.3 is 0 Å². The smallest absolute Gasteiger partial charge is 0.258 e. The molecule has 0 saturated carbocycles. The second-order valence-corrected chi connectivity index (χ2v) is 7.29. The Balaban J connectivity index is 1.73. The van der Waals surface area contributed by atoms with Crippen molar-refractivity contribution in [2.24, 2.45) is 0 Å². The Morgan fingerprint density at radius 3 is 2.57 bits per heavy atom. The lowest BCUT2D eigenvalue weighted by molar-refractivity contribution is 0.102. The molecule has 0 fully saturated rings. The average molecular weight is 362 g/mol. The van der Waals surface area contributed by atoms with Gasteiger partial charge in [-0.3, -0.25) is 4.79 Å². The summed E-state index contributed by atoms with van der Waals surface area (Å²) < 4.78 is 6.63. The van der Waals surface area contributed by atoms with E-state index in [2.05, 4.69) is 5.32 Å². The van der Waals surface area contributed by atoms with Crippen molar-refractivity contribution in [1.82, 2.24) is 0 Å². The van der Waals surface area contributed by atoms with Gasteiger partial charge < -0.3 is 9.73 Å². The molecule has 0 atom stereocenters. The maximum absolute atomic E-state index is 12.3. The molecule has 0 spiro atoms. The molecule has 0 saturated heterocycles. The van der Waals surface area contributed by atoms with Crippen LogP contribution in [0.4, 0.5) is 5.69 Å². The molecule has 2 aromatic heterocycles. The molecule has 2 aromatic carbocycles. The Kier molecular flexibility index (Phi) is 3.53. The largest absolute Gasteiger partial charge is 0.456 e. The van der Waals surface area contributed by atoms with Crippen molar-refractivity contribution >= 4 is 68.1 Å². The minimum Gasteiger partial charge on any atom is -0.456 e. The van der Waals surface area contributed by atoms with E-state index in [1.165, 1.54) is 11.3 Å². The number of carbonyl (C=O) groups excluding carboxylic acids is 1. The molecule has 0 aliphatic rings. The van der Waals surface area contributed by atoms with Gasteiger partial charge in [-0.2, -0.15) is 0 Å². The summed E-state index contributed by atoms with van der Waals surface area (Å²) in [7, 11) is 0. The maximum atomic E-state index is 12.3. The molecule has 4 aromatic rings. The Morgan fingerprint density at radius 1 is 1.00 bits per heavy atom. The molecule has 6 heteroatoms. The fourth-order valence-corrected chi connectivity index (χ4v) is 3.96. The van der Waals surface area contributed by atoms with Gasteiger partial charge in [0.05, 0.1) is 9.90 Å². The fourth-order valence-electron chi connectivity index (χ4n) is 2.50. The zero-order chi connectivity index (χ0) is 16.0. The van der Waals surface area contributed by atoms with Crippen LogP contribution in [0.15, 0.2) is 52.9 Å². The zero-order valence-electron chi connectivity index (χ0n) is 11.6. The number of anilines is 1. The van der Waals surface area contributed by atoms with E-state index in [4.69, 9.17) is 27.6 Å². The first-order chi connectivity index (χ1) is 11.1. The van der Waals surface area contributed by atoms with Gasteiger partial charge in [-0.1, -0.05) is 41.4 Å². The first-order valence-corrected chi connectivity index (χ1v) is 8.36. The number of amides is 1. The molecule has 4 rings (SSSR count). The number of fused-ring (bicyclic) bond motifs is 3. The minimum atomic E-state index is -0.287. The van der Waals surface area contributed by atoms with Crippen molar-refractivity contribution < 1.29 is 9.21 Å². The molecule has 0 bridgehead atoms. The molecule has 0 aliphatic carbocycles. The fraction of sp³-hybridized carbons (Fsp3) is 0. The van der Waals surface area contributed by atoms with Gasteiger partial charge in [0, 0.05) is 16.5 Å². The molecular formula is C17H9Cl2NO2S. The summed E-state index contributed by atoms with van der Waals surface area (Å²) in [5.41, 5.74) is 2.64. The monoisotopic (exact) mass is 361 g/mol. The van der Waals surface area contributed by atoms with Crippen LogP contribution in [0.25, 0.3) is 21.9 Å². The highest BCUT2D eigenvalue weighted by Gasteiger charge is 2.15. The highest BCUT2D eigenvalue weighted by atomic mass is 35.5. The molecule has 23 heavy (non-hydrogen) atoms. The topological polar surface area (TPSA) is 42.2 Å². The predicted molar refractivity (Wildman–Crippen MR) is 96.0 cm³/mol. The van der Waals surface area contributed by atoms with Crippen LogP contribution in [0.1, 0.15) is 10.4 Å². The number of hydrogen-bond donors (Lipinski definition) is 1. The molecule has 0 unspecified atom stereocenters. The predicted octanol–water partition coefficient (Wildman–Crippen LogP) is 6.21. The van der Waals surface area contributed by atoms with Crippen LogP contribution in [0.3, 0.4) is 0 Å². The summed E-state index contributed by atoms with van der Waals surface area (Å²) in [6, 6.07) is 14.9. The van der Waals surface area contributed by atoms with Crippen molar-refractivity contribution in [3.63, 3.8) is 0 Å². The van der Waals surface area contributed by atoms with E-state index in [1.54, 1.807) is 12.1 Å². The highest BCUT2D eigenvalue weighted by molar-refractivity contribution is 7.20. The van der Waals surface area contributed by atoms with Crippen molar-refractivity contribution in [3.05, 3.63) is 62.8 Å². The van der Waals surface area contributed by atoms with Crippen molar-refractivity contribution in [1.29, 1.82) is 0 Å². The van der Waals surface area contributed by atoms with E-state index in [1.807, 2.05) is 36.4 Å². The van der Waals surface area contributed by atoms with Crippen molar-refractivity contribution in [2.45, 2.75) is 0 Å². The summed E-state index contributed by atoms with van der Waals surface area (Å²) in [5, 5.41) is 4.80. The number of halogens is 2. The first kappa shape index (κ1) is 14.6. The SMILES string of the molecule is O=C(Nc1ccc2oc3ccccc3c2c1)c1cc(Cl)sc1Cl. The van der Waals surface area contributed by atoms with E-state index >= 15 is 0 Å². The number of thiophene rings is 1. The van der Waals surface area contributed by atoms with E-state index in [-0.39, 0.29) is 5.91 Å². The number of rotatable bonds is 2. The lowest BCUT2D eigenvalue weighted by atomic mass is 10.1. The standard InChI is InChI=1S/C17H9Cl2NO2S/c18-15-8-12(16(19)23-15)17(21)20-9-5-6-14-11(7-9)10-3-1-2-4-13(10)22-14/h1-8H,(H,20,21).